The van der Waals surface area contributed by atoms with Gasteiger partial charge in [-0.3, -0.25) is 0 Å². The molecule has 1 aliphatic carbocycles. The summed E-state index contributed by atoms with van der Waals surface area (Å²) in [6, 6.07) is 41.5. The average molecular weight is 1630 g/mol. The first-order valence-electron chi connectivity index (χ1n) is 46.5. The predicted octanol–water partition coefficient (Wildman–Crippen LogP) is 29.7. The van der Waals surface area contributed by atoms with Crippen molar-refractivity contribution in [3.63, 3.8) is 0 Å². The topological polar surface area (TPSA) is 73.8 Å². The summed E-state index contributed by atoms with van der Waals surface area (Å²) in [5.74, 6) is 7.32. The molecule has 0 spiro atoms. The van der Waals surface area contributed by atoms with Crippen molar-refractivity contribution in [2.75, 3.05) is 52.9 Å². The Kier molecular flexibility index (Phi) is 31.8. The fourth-order valence-electron chi connectivity index (χ4n) is 16.8. The Morgan fingerprint density at radius 1 is 0.200 bits per heavy atom. The highest BCUT2D eigenvalue weighted by Crippen LogP contribution is 2.53. The molecule has 0 saturated heterocycles. The van der Waals surface area contributed by atoms with Gasteiger partial charge in [0.15, 0.2) is 0 Å². The largest absolute Gasteiger partial charge is 0.493 e. The minimum atomic E-state index is -0.346. The molecule has 0 aromatic heterocycles. The molecule has 0 aliphatic heterocycles. The maximum atomic E-state index is 7.53. The molecule has 8 aromatic rings. The van der Waals surface area contributed by atoms with E-state index in [1.807, 2.05) is 0 Å². The van der Waals surface area contributed by atoms with Crippen LogP contribution in [0.3, 0.4) is 0 Å². The zero-order valence-corrected chi connectivity index (χ0v) is 81.4. The van der Waals surface area contributed by atoms with E-state index >= 15 is 0 Å². The molecular weight excluding hydrogens is 1470 g/mol. The fourth-order valence-corrected chi connectivity index (χ4v) is 16.8. The lowest BCUT2D eigenvalue weighted by Crippen LogP contribution is -2.24. The molecule has 0 radical (unpaired) electrons. The third-order valence-corrected chi connectivity index (χ3v) is 23.6. The summed E-state index contributed by atoms with van der Waals surface area (Å²) >= 11 is 0. The third kappa shape index (κ3) is 23.9. The maximum Gasteiger partial charge on any atom is 0.126 e. The highest BCUT2D eigenvalue weighted by Gasteiger charge is 2.38. The van der Waals surface area contributed by atoms with Crippen molar-refractivity contribution < 1.29 is 37.9 Å². The summed E-state index contributed by atoms with van der Waals surface area (Å²) in [5.41, 5.74) is 25.3. The fraction of sp³-hybridized carbons (Fsp3) is 0.571. The van der Waals surface area contributed by atoms with E-state index in [4.69, 9.17) is 37.9 Å². The second-order valence-corrected chi connectivity index (χ2v) is 43.2. The molecule has 0 N–H and O–H groups in total. The highest BCUT2D eigenvalue weighted by molar-refractivity contribution is 5.64. The Morgan fingerprint density at radius 2 is 0.358 bits per heavy atom. The second-order valence-electron chi connectivity index (χ2n) is 43.2. The molecule has 9 rings (SSSR count). The first kappa shape index (κ1) is 96.0. The van der Waals surface area contributed by atoms with Gasteiger partial charge >= 0.3 is 0 Å². The van der Waals surface area contributed by atoms with Gasteiger partial charge in [-0.05, 0) is 212 Å². The zero-order chi connectivity index (χ0) is 88.4. The van der Waals surface area contributed by atoms with E-state index in [0.717, 1.165) is 181 Å². The van der Waals surface area contributed by atoms with Gasteiger partial charge in [0, 0.05) is 62.0 Å². The normalized spacial score (nSPS) is 14.2. The first-order chi connectivity index (χ1) is 56.2. The smallest absolute Gasteiger partial charge is 0.126 e. The number of benzene rings is 8. The molecular formula is C112H160O8. The van der Waals surface area contributed by atoms with E-state index in [9.17, 15) is 0 Å². The minimum Gasteiger partial charge on any atom is -0.493 e. The Morgan fingerprint density at radius 3 is 0.533 bits per heavy atom. The Labute approximate surface area is 730 Å². The van der Waals surface area contributed by atoms with Crippen LogP contribution in [0, 0.1) is 5.41 Å². The summed E-state index contributed by atoms with van der Waals surface area (Å²) in [6.45, 7) is 79.1. The summed E-state index contributed by atoms with van der Waals surface area (Å²) < 4.78 is 59.4. The van der Waals surface area contributed by atoms with Crippen LogP contribution in [0.1, 0.15) is 407 Å². The monoisotopic (exact) mass is 1630 g/mol. The van der Waals surface area contributed by atoms with Crippen molar-refractivity contribution in [3.8, 4) is 46.0 Å². The first-order valence-corrected chi connectivity index (χ1v) is 46.5. The molecule has 0 heterocycles. The molecule has 1 atom stereocenters. The molecule has 0 fully saturated rings. The number of hydrogen-bond donors (Lipinski definition) is 0. The summed E-state index contributed by atoms with van der Waals surface area (Å²) in [4.78, 5) is 0. The van der Waals surface area contributed by atoms with Crippen molar-refractivity contribution in [2.45, 2.75) is 362 Å². The lowest BCUT2D eigenvalue weighted by Gasteiger charge is -2.36. The van der Waals surface area contributed by atoms with Crippen LogP contribution in [0.4, 0.5) is 0 Å². The van der Waals surface area contributed by atoms with Gasteiger partial charge in [0.2, 0.25) is 0 Å². The van der Waals surface area contributed by atoms with Crippen molar-refractivity contribution in [1.82, 2.24) is 0 Å². The molecule has 0 saturated carbocycles. The summed E-state index contributed by atoms with van der Waals surface area (Å²) in [5, 5.41) is 0. The van der Waals surface area contributed by atoms with Crippen LogP contribution in [0.25, 0.3) is 0 Å². The van der Waals surface area contributed by atoms with Crippen LogP contribution in [0.5, 0.6) is 46.0 Å². The number of para-hydroxylation sites is 1. The van der Waals surface area contributed by atoms with Gasteiger partial charge < -0.3 is 37.9 Å². The quantitative estimate of drug-likeness (QED) is 0.0592. The molecule has 1 unspecified atom stereocenters. The highest BCUT2D eigenvalue weighted by atomic mass is 16.5. The zero-order valence-electron chi connectivity index (χ0n) is 81.4. The number of rotatable bonds is 24. The van der Waals surface area contributed by atoms with E-state index in [-0.39, 0.29) is 49.2 Å². The van der Waals surface area contributed by atoms with Gasteiger partial charge in [-0.2, -0.15) is 0 Å². The molecule has 120 heavy (non-hydrogen) atoms. The van der Waals surface area contributed by atoms with E-state index < -0.39 is 0 Å². The number of hydrogen-bond acceptors (Lipinski definition) is 8. The van der Waals surface area contributed by atoms with Crippen LogP contribution >= 0.6 is 0 Å². The Balaban J connectivity index is 1.51. The number of ether oxygens (including phenoxy) is 8. The van der Waals surface area contributed by atoms with E-state index in [1.165, 1.54) is 44.5 Å². The average Bonchev–Trinajstić information content (AvgIpc) is 0.756. The minimum absolute atomic E-state index is 0.184. The second kappa shape index (κ2) is 39.8. The lowest BCUT2D eigenvalue weighted by molar-refractivity contribution is 0.283. The van der Waals surface area contributed by atoms with Crippen LogP contribution in [0.15, 0.2) is 103 Å². The molecule has 16 bridgehead atoms. The predicted molar refractivity (Wildman–Crippen MR) is 510 cm³/mol. The maximum absolute atomic E-state index is 7.53. The van der Waals surface area contributed by atoms with Crippen LogP contribution in [-0.4, -0.2) is 52.9 Å². The number of fused-ring (bicyclic) bond motifs is 16. The molecule has 8 heteroatoms. The third-order valence-electron chi connectivity index (χ3n) is 23.6. The van der Waals surface area contributed by atoms with Crippen LogP contribution < -0.4 is 37.9 Å². The summed E-state index contributed by atoms with van der Waals surface area (Å²) in [7, 11) is 0. The van der Waals surface area contributed by atoms with Crippen molar-refractivity contribution in [1.29, 1.82) is 0 Å². The van der Waals surface area contributed by atoms with E-state index in [0.29, 0.717) is 97.8 Å². The van der Waals surface area contributed by atoms with Crippen molar-refractivity contribution >= 4 is 0 Å². The lowest BCUT2D eigenvalue weighted by atomic mass is 9.69. The Hall–Kier alpha value is -7.84. The van der Waals surface area contributed by atoms with E-state index in [1.54, 1.807) is 0 Å². The molecule has 1 aliphatic rings. The standard InChI is InChI=1S/C112H160O8/c1-33-44-113-97-74-52-73-42-41-43-94(103(73)119-50-39-7)96(112(30,31)32)95-72-93(111(27,28)29)71-86(104(95)120-51-40-8)58-85-70-92(110(24,25)26)69-84(102(85)118-49-38-6)57-83-68-91(109(21,22)23)67-82(101(83)117-48-37-5)56-81-66-90(108(18,19)20)65-80(100(81)116-47-36-4)55-79-64-89(107(15,16)17)63-78(99(79)115-46-35-3)54-77-62-88(106(12,13)14)61-76(98(77)114-45-34-2)53-75(97)60-87(59-74)105(9,10)11/h41-43,59-72,96H,33-40,44-58H2,1-32H3. The molecule has 656 valence electrons. The van der Waals surface area contributed by atoms with Crippen LogP contribution in [0.2, 0.25) is 0 Å². The van der Waals surface area contributed by atoms with Gasteiger partial charge in [-0.15, -0.1) is 0 Å². The summed E-state index contributed by atoms with van der Waals surface area (Å²) in [6.07, 6.45) is 10.9. The van der Waals surface area contributed by atoms with Gasteiger partial charge in [-0.25, -0.2) is 0 Å². The van der Waals surface area contributed by atoms with Crippen molar-refractivity contribution in [3.05, 3.63) is 231 Å². The van der Waals surface area contributed by atoms with Gasteiger partial charge in [0.25, 0.3) is 0 Å². The molecule has 8 aromatic carbocycles. The van der Waals surface area contributed by atoms with Crippen LogP contribution in [-0.2, 0) is 82.9 Å². The van der Waals surface area contributed by atoms with Gasteiger partial charge in [-0.1, -0.05) is 325 Å². The molecule has 0 amide bonds. The van der Waals surface area contributed by atoms with Gasteiger partial charge in [0.05, 0.1) is 52.9 Å². The Bertz CT molecular complexity index is 4770. The molecule has 8 nitrogen and oxygen atoms in total. The van der Waals surface area contributed by atoms with E-state index in [2.05, 4.69) is 325 Å². The van der Waals surface area contributed by atoms with Gasteiger partial charge in [0.1, 0.15) is 46.0 Å². The van der Waals surface area contributed by atoms with Crippen molar-refractivity contribution in [2.24, 2.45) is 5.41 Å². The SMILES string of the molecule is CCCOc1c2cc(C(C)(C)C)cc1Cc1cc(C(C)(C)C)cc(c1OCCC)Cc1cc(C(C)(C)C)cc(c1OCCC)Cc1cccc(c1OCCC)C(C(C)(C)C)c1cc(C(C)(C)C)cc(c1OCCC)Cc1cc(C(C)(C)C)cc(c1OCCC)Cc1cc(C(C)(C)C)cc(c1OCCC)Cc1cc(C(C)(C)C)cc(c1OCCC)C2.